The molecule has 0 rings (SSSR count). The summed E-state index contributed by atoms with van der Waals surface area (Å²) in [7, 11) is 0. The molecule has 0 fully saturated rings. The maximum absolute atomic E-state index is 12.6. The van der Waals surface area contributed by atoms with Gasteiger partial charge in [-0.1, -0.05) is 346 Å². The molecule has 1 amide bonds. The van der Waals surface area contributed by atoms with Crippen LogP contribution in [0.4, 0.5) is 0 Å². The number of carbonyl (C=O) groups excluding carboxylic acids is 2. The summed E-state index contributed by atoms with van der Waals surface area (Å²) >= 11 is 0. The molecule has 0 aliphatic heterocycles. The Morgan fingerprint density at radius 3 is 0.975 bits per heavy atom. The van der Waals surface area contributed by atoms with E-state index >= 15 is 0 Å². The third kappa shape index (κ3) is 67.1. The highest BCUT2D eigenvalue weighted by Crippen LogP contribution is 2.19. The van der Waals surface area contributed by atoms with Crippen molar-refractivity contribution in [2.24, 2.45) is 0 Å². The van der Waals surface area contributed by atoms with Gasteiger partial charge in [-0.2, -0.15) is 0 Å². The van der Waals surface area contributed by atoms with E-state index in [9.17, 15) is 19.8 Å². The number of aliphatic hydroxyl groups excluding tert-OH is 2. The fourth-order valence-corrected chi connectivity index (χ4v) is 11.6. The Kier molecular flexibility index (Phi) is 68.9. The number of ether oxygens (including phenoxy) is 1. The Balaban J connectivity index is 3.41. The number of hydrogen-bond acceptors (Lipinski definition) is 5. The molecule has 6 nitrogen and oxygen atoms in total. The van der Waals surface area contributed by atoms with Gasteiger partial charge in [-0.15, -0.1) is 0 Å². The molecule has 478 valence electrons. The van der Waals surface area contributed by atoms with E-state index in [2.05, 4.69) is 55.6 Å². The summed E-state index contributed by atoms with van der Waals surface area (Å²) in [6.07, 6.45) is 90.5. The normalized spacial score (nSPS) is 12.7. The SMILES string of the molecule is CCCCC/C=C\C/C=C\CCCCCCCCCCCC(=O)OCCCCCCCCCCCCC/C=C\CCCCCCCCCC(=O)NC(CO)C(O)CCCCCCCCCCCCCCCCCCCCCCCCC. The molecule has 0 saturated carbocycles. The minimum Gasteiger partial charge on any atom is -0.466 e. The molecule has 0 aliphatic carbocycles. The van der Waals surface area contributed by atoms with Crippen LogP contribution in [0.1, 0.15) is 406 Å². The number of allylic oxidation sites excluding steroid dienone is 6. The summed E-state index contributed by atoms with van der Waals surface area (Å²) in [4.78, 5) is 24.7. The van der Waals surface area contributed by atoms with Crippen LogP contribution >= 0.6 is 0 Å². The summed E-state index contributed by atoms with van der Waals surface area (Å²) in [5, 5.41) is 23.4. The number of carbonyl (C=O) groups is 2. The minimum atomic E-state index is -0.671. The number of rotatable bonds is 69. The predicted octanol–water partition coefficient (Wildman–Crippen LogP) is 23.9. The lowest BCUT2D eigenvalue weighted by Gasteiger charge is -2.22. The van der Waals surface area contributed by atoms with Crippen LogP contribution in [0.15, 0.2) is 36.5 Å². The average Bonchev–Trinajstić information content (AvgIpc) is 3.47. The van der Waals surface area contributed by atoms with Gasteiger partial charge in [0.2, 0.25) is 5.91 Å². The zero-order valence-corrected chi connectivity index (χ0v) is 54.8. The smallest absolute Gasteiger partial charge is 0.305 e. The van der Waals surface area contributed by atoms with Crippen LogP contribution in [0.3, 0.4) is 0 Å². The van der Waals surface area contributed by atoms with Gasteiger partial charge >= 0.3 is 5.97 Å². The first-order chi connectivity index (χ1) is 40.0. The Labute approximate surface area is 506 Å². The van der Waals surface area contributed by atoms with Crippen molar-refractivity contribution in [1.82, 2.24) is 5.32 Å². The van der Waals surface area contributed by atoms with Crippen molar-refractivity contribution >= 4 is 11.9 Å². The summed E-state index contributed by atoms with van der Waals surface area (Å²) in [5.41, 5.74) is 0. The molecule has 0 aromatic heterocycles. The van der Waals surface area contributed by atoms with Gasteiger partial charge < -0.3 is 20.3 Å². The second-order valence-corrected chi connectivity index (χ2v) is 25.3. The van der Waals surface area contributed by atoms with Crippen molar-refractivity contribution in [3.8, 4) is 0 Å². The molecular formula is C75H143NO5. The van der Waals surface area contributed by atoms with Crippen molar-refractivity contribution in [2.75, 3.05) is 13.2 Å². The molecule has 0 saturated heterocycles. The lowest BCUT2D eigenvalue weighted by Crippen LogP contribution is -2.45. The summed E-state index contributed by atoms with van der Waals surface area (Å²) < 4.78 is 5.50. The van der Waals surface area contributed by atoms with Crippen LogP contribution in [-0.2, 0) is 14.3 Å². The summed E-state index contributed by atoms with van der Waals surface area (Å²) in [6, 6.07) is -0.549. The highest BCUT2D eigenvalue weighted by Gasteiger charge is 2.20. The minimum absolute atomic E-state index is 0.00707. The van der Waals surface area contributed by atoms with Crippen LogP contribution < -0.4 is 5.32 Å². The molecule has 0 aromatic rings. The fourth-order valence-electron chi connectivity index (χ4n) is 11.6. The maximum Gasteiger partial charge on any atom is 0.305 e. The van der Waals surface area contributed by atoms with E-state index in [1.54, 1.807) is 0 Å². The molecule has 0 bridgehead atoms. The van der Waals surface area contributed by atoms with E-state index in [4.69, 9.17) is 4.74 Å². The van der Waals surface area contributed by atoms with E-state index in [1.807, 2.05) is 0 Å². The molecule has 0 heterocycles. The molecular weight excluding hydrogens is 995 g/mol. The second-order valence-electron chi connectivity index (χ2n) is 25.3. The first kappa shape index (κ1) is 79.1. The van der Waals surface area contributed by atoms with Gasteiger partial charge in [0, 0.05) is 12.8 Å². The number of amides is 1. The van der Waals surface area contributed by atoms with Gasteiger partial charge in [-0.05, 0) is 83.5 Å². The molecule has 0 aliphatic rings. The molecule has 2 unspecified atom stereocenters. The van der Waals surface area contributed by atoms with E-state index < -0.39 is 12.1 Å². The third-order valence-electron chi connectivity index (χ3n) is 17.2. The zero-order chi connectivity index (χ0) is 58.5. The van der Waals surface area contributed by atoms with Crippen molar-refractivity contribution in [3.05, 3.63) is 36.5 Å². The van der Waals surface area contributed by atoms with Crippen LogP contribution in [0.25, 0.3) is 0 Å². The number of nitrogens with one attached hydrogen (secondary N) is 1. The fraction of sp³-hybridized carbons (Fsp3) is 0.893. The van der Waals surface area contributed by atoms with Crippen molar-refractivity contribution in [3.63, 3.8) is 0 Å². The van der Waals surface area contributed by atoms with Crippen molar-refractivity contribution in [2.45, 2.75) is 418 Å². The molecule has 6 heteroatoms. The van der Waals surface area contributed by atoms with Gasteiger partial charge in [0.1, 0.15) is 0 Å². The standard InChI is InChI=1S/C75H143NO5/c1-3-5-7-9-11-13-15-17-19-21-23-24-25-28-32-35-39-43-47-51-55-59-63-67-73(78)72(71-77)76-74(79)68-64-60-56-52-48-44-40-36-33-29-26-27-30-34-38-42-46-50-54-58-62-66-70-81-75(80)69-65-61-57-53-49-45-41-37-31-22-20-18-16-14-12-10-8-6-4-2/h12,14,18,20,29,33,72-73,77-78H,3-11,13,15-17,19,21-28,30-32,34-71H2,1-2H3,(H,76,79)/b14-12-,20-18-,33-29-. The summed E-state index contributed by atoms with van der Waals surface area (Å²) in [6.45, 7) is 4.96. The van der Waals surface area contributed by atoms with Gasteiger partial charge in [0.15, 0.2) is 0 Å². The van der Waals surface area contributed by atoms with E-state index in [0.717, 1.165) is 51.4 Å². The van der Waals surface area contributed by atoms with E-state index in [0.29, 0.717) is 25.9 Å². The Hall–Kier alpha value is -1.92. The first-order valence-electron chi connectivity index (χ1n) is 36.7. The lowest BCUT2D eigenvalue weighted by molar-refractivity contribution is -0.143. The van der Waals surface area contributed by atoms with Crippen LogP contribution in [-0.4, -0.2) is 47.4 Å². The van der Waals surface area contributed by atoms with Crippen LogP contribution in [0, 0.1) is 0 Å². The van der Waals surface area contributed by atoms with Crippen LogP contribution in [0.5, 0.6) is 0 Å². The van der Waals surface area contributed by atoms with Crippen LogP contribution in [0.2, 0.25) is 0 Å². The third-order valence-corrected chi connectivity index (χ3v) is 17.2. The highest BCUT2D eigenvalue weighted by atomic mass is 16.5. The van der Waals surface area contributed by atoms with E-state index in [-0.39, 0.29) is 18.5 Å². The average molecular weight is 1140 g/mol. The molecule has 0 aromatic carbocycles. The molecule has 0 radical (unpaired) electrons. The molecule has 81 heavy (non-hydrogen) atoms. The van der Waals surface area contributed by atoms with Gasteiger partial charge in [-0.3, -0.25) is 9.59 Å². The number of unbranched alkanes of at least 4 members (excludes halogenated alkanes) is 52. The van der Waals surface area contributed by atoms with Crippen molar-refractivity contribution < 1.29 is 24.5 Å². The second kappa shape index (κ2) is 70.6. The van der Waals surface area contributed by atoms with Gasteiger partial charge in [-0.25, -0.2) is 0 Å². The zero-order valence-electron chi connectivity index (χ0n) is 54.8. The van der Waals surface area contributed by atoms with Gasteiger partial charge in [0.25, 0.3) is 0 Å². The monoisotopic (exact) mass is 1140 g/mol. The number of aliphatic hydroxyl groups is 2. The molecule has 0 spiro atoms. The summed E-state index contributed by atoms with van der Waals surface area (Å²) in [5.74, 6) is -0.0306. The Morgan fingerprint density at radius 2 is 0.617 bits per heavy atom. The Morgan fingerprint density at radius 1 is 0.346 bits per heavy atom. The quantitative estimate of drug-likeness (QED) is 0.0320. The lowest BCUT2D eigenvalue weighted by atomic mass is 10.0. The largest absolute Gasteiger partial charge is 0.466 e. The van der Waals surface area contributed by atoms with E-state index in [1.165, 1.54) is 321 Å². The highest BCUT2D eigenvalue weighted by molar-refractivity contribution is 5.76. The maximum atomic E-state index is 12.6. The van der Waals surface area contributed by atoms with Crippen molar-refractivity contribution in [1.29, 1.82) is 0 Å². The Bertz CT molecular complexity index is 1310. The number of esters is 1. The molecule has 3 N–H and O–H groups in total. The predicted molar refractivity (Wildman–Crippen MR) is 356 cm³/mol. The van der Waals surface area contributed by atoms with Gasteiger partial charge in [0.05, 0.1) is 25.4 Å². The first-order valence-corrected chi connectivity index (χ1v) is 36.7. The topological polar surface area (TPSA) is 95.9 Å². The number of hydrogen-bond donors (Lipinski definition) is 3. The molecule has 2 atom stereocenters.